The van der Waals surface area contributed by atoms with Gasteiger partial charge in [-0.1, -0.05) is 6.07 Å². The number of hydrogen-bond donors (Lipinski definition) is 3. The van der Waals surface area contributed by atoms with E-state index in [4.69, 9.17) is 0 Å². The van der Waals surface area contributed by atoms with E-state index in [9.17, 15) is 28.5 Å². The fourth-order valence-electron chi connectivity index (χ4n) is 3.34. The van der Waals surface area contributed by atoms with Crippen LogP contribution in [0.4, 0.5) is 0 Å². The van der Waals surface area contributed by atoms with E-state index in [-0.39, 0.29) is 17.2 Å². The van der Waals surface area contributed by atoms with Crippen molar-refractivity contribution in [3.63, 3.8) is 0 Å². The van der Waals surface area contributed by atoms with Crippen LogP contribution in [0, 0.1) is 6.92 Å². The van der Waals surface area contributed by atoms with Gasteiger partial charge < -0.3 is 15.4 Å². The molecule has 174 valence electrons. The molecule has 2 aliphatic rings. The zero-order valence-corrected chi connectivity index (χ0v) is 20.4. The van der Waals surface area contributed by atoms with Gasteiger partial charge in [0.2, 0.25) is 5.91 Å². The predicted molar refractivity (Wildman–Crippen MR) is 126 cm³/mol. The van der Waals surface area contributed by atoms with Crippen LogP contribution in [-0.2, 0) is 25.2 Å². The second-order valence-corrected chi connectivity index (χ2v) is 11.8. The molecule has 0 radical (unpaired) electrons. The minimum absolute atomic E-state index is 0.0991. The number of amides is 2. The van der Waals surface area contributed by atoms with Crippen molar-refractivity contribution in [3.8, 4) is 0 Å². The minimum atomic E-state index is -1.50. The molecule has 14 heteroatoms. The molecule has 0 bridgehead atoms. The van der Waals surface area contributed by atoms with Gasteiger partial charge in [-0.25, -0.2) is 14.6 Å². The molecular weight excluding hydrogens is 508 g/mol. The largest absolute Gasteiger partial charge is 0.477 e. The molecular formula is C19H18N4O6S4. The van der Waals surface area contributed by atoms with Crippen molar-refractivity contribution in [2.24, 2.45) is 0 Å². The van der Waals surface area contributed by atoms with Crippen molar-refractivity contribution < 1.29 is 23.7 Å². The minimum Gasteiger partial charge on any atom is -0.477 e. The first kappa shape index (κ1) is 23.7. The first-order chi connectivity index (χ1) is 15.8. The second kappa shape index (κ2) is 9.83. The SMILES string of the molecule is Cc1cnc(=O)[nH]c1SCC1=C(C(=O)O)N2C(=O)C(NC(=O)CS(=O)c3cccs3)[C@H]2SC1. The van der Waals surface area contributed by atoms with E-state index in [1.54, 1.807) is 24.4 Å². The summed E-state index contributed by atoms with van der Waals surface area (Å²) in [6.07, 6.45) is 1.44. The zero-order valence-electron chi connectivity index (χ0n) is 17.1. The molecule has 3 N–H and O–H groups in total. The van der Waals surface area contributed by atoms with Gasteiger partial charge in [-0.3, -0.25) is 18.7 Å². The summed E-state index contributed by atoms with van der Waals surface area (Å²) in [5.41, 5.74) is 0.701. The Hall–Kier alpha value is -2.42. The molecule has 1 fully saturated rings. The van der Waals surface area contributed by atoms with Crippen molar-refractivity contribution in [2.75, 3.05) is 17.3 Å². The lowest BCUT2D eigenvalue weighted by Crippen LogP contribution is -2.70. The second-order valence-electron chi connectivity index (χ2n) is 7.12. The molecule has 3 atom stereocenters. The van der Waals surface area contributed by atoms with Crippen LogP contribution in [0.5, 0.6) is 0 Å². The van der Waals surface area contributed by atoms with Crippen LogP contribution in [0.2, 0.25) is 0 Å². The van der Waals surface area contributed by atoms with Crippen LogP contribution in [0.1, 0.15) is 5.56 Å². The molecule has 2 amide bonds. The quantitative estimate of drug-likeness (QED) is 0.258. The maximum Gasteiger partial charge on any atom is 0.352 e. The summed E-state index contributed by atoms with van der Waals surface area (Å²) in [6, 6.07) is 2.55. The number of carboxylic acid groups (broad SMARTS) is 1. The normalized spacial score (nSPS) is 20.8. The summed E-state index contributed by atoms with van der Waals surface area (Å²) in [4.78, 5) is 56.0. The highest BCUT2D eigenvalue weighted by atomic mass is 32.2. The smallest absolute Gasteiger partial charge is 0.352 e. The third-order valence-corrected chi connectivity index (χ3v) is 10.1. The fraction of sp³-hybridized carbons (Fsp3) is 0.316. The van der Waals surface area contributed by atoms with Gasteiger partial charge in [-0.05, 0) is 29.5 Å². The van der Waals surface area contributed by atoms with Crippen LogP contribution in [-0.4, -0.2) is 70.6 Å². The first-order valence-electron chi connectivity index (χ1n) is 9.56. The monoisotopic (exact) mass is 526 g/mol. The number of nitrogens with zero attached hydrogens (tertiary/aromatic N) is 2. The average Bonchev–Trinajstić information content (AvgIpc) is 3.32. The number of H-pyrrole nitrogens is 1. The summed E-state index contributed by atoms with van der Waals surface area (Å²) in [5.74, 6) is -1.93. The molecule has 4 rings (SSSR count). The van der Waals surface area contributed by atoms with Crippen LogP contribution in [0.3, 0.4) is 0 Å². The Labute approximate surface area is 202 Å². The molecule has 1 saturated heterocycles. The molecule has 2 unspecified atom stereocenters. The number of thiophene rings is 1. The fourth-order valence-corrected chi connectivity index (χ4v) is 7.73. The van der Waals surface area contributed by atoms with Gasteiger partial charge in [0.05, 0.1) is 20.0 Å². The third-order valence-electron chi connectivity index (χ3n) is 4.89. The van der Waals surface area contributed by atoms with E-state index in [0.717, 1.165) is 5.56 Å². The van der Waals surface area contributed by atoms with Crippen LogP contribution in [0.25, 0.3) is 0 Å². The molecule has 0 aromatic carbocycles. The summed E-state index contributed by atoms with van der Waals surface area (Å²) in [6.45, 7) is 1.78. The highest BCUT2D eigenvalue weighted by Gasteiger charge is 2.54. The Bertz CT molecular complexity index is 1230. The van der Waals surface area contributed by atoms with Gasteiger partial charge >= 0.3 is 11.7 Å². The lowest BCUT2D eigenvalue weighted by Gasteiger charge is -2.49. The van der Waals surface area contributed by atoms with Crippen molar-refractivity contribution in [1.29, 1.82) is 0 Å². The van der Waals surface area contributed by atoms with Gasteiger partial charge in [0.25, 0.3) is 5.91 Å². The Kier molecular flexibility index (Phi) is 7.07. The number of rotatable bonds is 8. The average molecular weight is 527 g/mol. The maximum atomic E-state index is 12.7. The number of nitrogens with one attached hydrogen (secondary N) is 2. The standard InChI is InChI=1S/C19H18N4O6S4/c1-9-5-20-19(28)22-15(9)31-6-10-7-32-17-13(16(25)23(17)14(10)18(26)27)21-11(24)8-33(29)12-3-2-4-30-12/h2-5,13,17H,6-8H2,1H3,(H,21,24)(H,26,27)(H,20,22,28)/t13?,17-,33?/m1/s1. The van der Waals surface area contributed by atoms with Gasteiger partial charge in [0.1, 0.15) is 22.9 Å². The number of thioether (sulfide) groups is 2. The van der Waals surface area contributed by atoms with Crippen molar-refractivity contribution in [3.05, 3.63) is 51.0 Å². The molecule has 0 saturated carbocycles. The van der Waals surface area contributed by atoms with E-state index in [1.165, 1.54) is 46.0 Å². The molecule has 4 heterocycles. The summed E-state index contributed by atoms with van der Waals surface area (Å²) in [7, 11) is -1.50. The van der Waals surface area contributed by atoms with Crippen molar-refractivity contribution in [1.82, 2.24) is 20.2 Å². The Balaban J connectivity index is 1.44. The molecule has 10 nitrogen and oxygen atoms in total. The number of aromatic amines is 1. The Morgan fingerprint density at radius 1 is 1.42 bits per heavy atom. The Morgan fingerprint density at radius 3 is 2.91 bits per heavy atom. The van der Waals surface area contributed by atoms with E-state index in [2.05, 4.69) is 15.3 Å². The molecule has 2 aliphatic heterocycles. The van der Waals surface area contributed by atoms with Gasteiger partial charge in [-0.15, -0.1) is 34.9 Å². The summed E-state index contributed by atoms with van der Waals surface area (Å²) >= 11 is 3.90. The molecule has 2 aromatic heterocycles. The predicted octanol–water partition coefficient (Wildman–Crippen LogP) is 0.778. The molecule has 2 aromatic rings. The van der Waals surface area contributed by atoms with Crippen LogP contribution < -0.4 is 11.0 Å². The van der Waals surface area contributed by atoms with Crippen molar-refractivity contribution >= 4 is 63.4 Å². The van der Waals surface area contributed by atoms with E-state index in [0.29, 0.717) is 20.6 Å². The highest BCUT2D eigenvalue weighted by Crippen LogP contribution is 2.41. The number of aromatic nitrogens is 2. The number of carbonyl (C=O) groups excluding carboxylic acids is 2. The number of carboxylic acids is 1. The number of hydrogen-bond acceptors (Lipinski definition) is 9. The van der Waals surface area contributed by atoms with Crippen LogP contribution in [0.15, 0.2) is 49.0 Å². The van der Waals surface area contributed by atoms with E-state index >= 15 is 0 Å². The number of carbonyl (C=O) groups is 3. The number of β-lactam (4-membered cyclic amide) rings is 1. The molecule has 33 heavy (non-hydrogen) atoms. The zero-order chi connectivity index (χ0) is 23.7. The summed E-state index contributed by atoms with van der Waals surface area (Å²) in [5, 5.41) is 14.2. The Morgan fingerprint density at radius 2 is 2.21 bits per heavy atom. The molecule has 0 aliphatic carbocycles. The van der Waals surface area contributed by atoms with Crippen LogP contribution >= 0.6 is 34.9 Å². The first-order valence-corrected chi connectivity index (χ1v) is 13.8. The van der Waals surface area contributed by atoms with Gasteiger partial charge in [0.15, 0.2) is 0 Å². The number of aryl methyl sites for hydroxylation is 1. The lowest BCUT2D eigenvalue weighted by molar-refractivity contribution is -0.150. The topological polar surface area (TPSA) is 150 Å². The van der Waals surface area contributed by atoms with Crippen molar-refractivity contribution in [2.45, 2.75) is 27.6 Å². The lowest BCUT2D eigenvalue weighted by atomic mass is 10.0. The maximum absolute atomic E-state index is 12.7. The number of aliphatic carboxylic acids is 1. The third kappa shape index (κ3) is 4.93. The van der Waals surface area contributed by atoms with Gasteiger partial charge in [-0.2, -0.15) is 0 Å². The van der Waals surface area contributed by atoms with E-state index < -0.39 is 45.7 Å². The molecule has 0 spiro atoms. The summed E-state index contributed by atoms with van der Waals surface area (Å²) < 4.78 is 12.8. The van der Waals surface area contributed by atoms with E-state index in [1.807, 2.05) is 0 Å². The van der Waals surface area contributed by atoms with Gasteiger partial charge in [0, 0.05) is 17.7 Å². The number of fused-ring (bicyclic) bond motifs is 1. The highest BCUT2D eigenvalue weighted by molar-refractivity contribution is 8.01.